The molecule has 31 heavy (non-hydrogen) atoms. The average Bonchev–Trinajstić information content (AvgIpc) is 2.74. The van der Waals surface area contributed by atoms with Crippen molar-refractivity contribution < 1.29 is 4.39 Å². The van der Waals surface area contributed by atoms with Crippen molar-refractivity contribution in [3.8, 4) is 11.8 Å². The van der Waals surface area contributed by atoms with Crippen LogP contribution in [0.1, 0.15) is 29.8 Å². The van der Waals surface area contributed by atoms with E-state index in [1.807, 2.05) is 44.2 Å². The molecule has 0 unspecified atom stereocenters. The topological polar surface area (TPSA) is 110 Å². The summed E-state index contributed by atoms with van der Waals surface area (Å²) in [6, 6.07) is 14.9. The molecule has 0 radical (unpaired) electrons. The van der Waals surface area contributed by atoms with Crippen LogP contribution < -0.4 is 16.6 Å². The van der Waals surface area contributed by atoms with Gasteiger partial charge in [0.2, 0.25) is 5.95 Å². The third kappa shape index (κ3) is 3.69. The number of anilines is 2. The molecule has 0 spiro atoms. The van der Waals surface area contributed by atoms with E-state index in [4.69, 9.17) is 5.73 Å². The number of aromatic nitrogens is 3. The van der Waals surface area contributed by atoms with Gasteiger partial charge in [0.05, 0.1) is 17.6 Å². The molecule has 0 amide bonds. The fourth-order valence-electron chi connectivity index (χ4n) is 3.60. The van der Waals surface area contributed by atoms with Crippen molar-refractivity contribution in [3.05, 3.63) is 87.7 Å². The van der Waals surface area contributed by atoms with Crippen molar-refractivity contribution in [1.82, 2.24) is 14.5 Å². The summed E-state index contributed by atoms with van der Waals surface area (Å²) < 4.78 is 15.1. The molecule has 0 aliphatic carbocycles. The van der Waals surface area contributed by atoms with Crippen LogP contribution in [0.3, 0.4) is 0 Å². The first-order valence-electron chi connectivity index (χ1n) is 9.59. The van der Waals surface area contributed by atoms with E-state index in [0.717, 1.165) is 10.9 Å². The molecule has 8 heteroatoms. The van der Waals surface area contributed by atoms with Crippen LogP contribution in [-0.4, -0.2) is 14.5 Å². The highest BCUT2D eigenvalue weighted by molar-refractivity contribution is 5.85. The number of rotatable bonds is 4. The molecule has 3 N–H and O–H groups in total. The number of nitrogens with one attached hydrogen (secondary N) is 1. The van der Waals surface area contributed by atoms with Gasteiger partial charge >= 0.3 is 0 Å². The maximum Gasteiger partial charge on any atom is 0.263 e. The third-order valence-electron chi connectivity index (χ3n) is 5.09. The summed E-state index contributed by atoms with van der Waals surface area (Å²) in [5.74, 6) is -0.0969. The second-order valence-electron chi connectivity index (χ2n) is 7.19. The lowest BCUT2D eigenvalue weighted by atomic mass is 10.0. The molecule has 7 nitrogen and oxygen atoms in total. The van der Waals surface area contributed by atoms with Gasteiger partial charge in [-0.25, -0.2) is 9.37 Å². The second-order valence-corrected chi connectivity index (χ2v) is 7.19. The number of hydrogen-bond acceptors (Lipinski definition) is 6. The van der Waals surface area contributed by atoms with Gasteiger partial charge in [0, 0.05) is 11.4 Å². The van der Waals surface area contributed by atoms with Gasteiger partial charge in [-0.05, 0) is 55.1 Å². The maximum atomic E-state index is 13.5. The summed E-state index contributed by atoms with van der Waals surface area (Å²) in [6.07, 6.45) is 1.34. The minimum Gasteiger partial charge on any atom is -0.368 e. The van der Waals surface area contributed by atoms with Crippen LogP contribution in [0, 0.1) is 24.1 Å². The van der Waals surface area contributed by atoms with Gasteiger partial charge in [-0.2, -0.15) is 10.2 Å². The third-order valence-corrected chi connectivity index (χ3v) is 5.09. The first-order valence-corrected chi connectivity index (χ1v) is 9.59. The molecule has 4 aromatic rings. The van der Waals surface area contributed by atoms with E-state index in [1.54, 1.807) is 16.7 Å². The van der Waals surface area contributed by atoms with Gasteiger partial charge in [-0.15, -0.1) is 0 Å². The molecule has 4 rings (SSSR count). The summed E-state index contributed by atoms with van der Waals surface area (Å²) in [5.41, 5.74) is 7.70. The van der Waals surface area contributed by atoms with E-state index in [2.05, 4.69) is 15.3 Å². The molecule has 154 valence electrons. The number of nitrogens with zero attached hydrogens (tertiary/aromatic N) is 4. The lowest BCUT2D eigenvalue weighted by molar-refractivity contribution is 0.627. The fourth-order valence-corrected chi connectivity index (χ4v) is 3.60. The van der Waals surface area contributed by atoms with Crippen LogP contribution in [0.4, 0.5) is 16.2 Å². The van der Waals surface area contributed by atoms with E-state index < -0.39 is 11.9 Å². The van der Waals surface area contributed by atoms with E-state index >= 15 is 0 Å². The van der Waals surface area contributed by atoms with Gasteiger partial charge in [0.25, 0.3) is 5.56 Å². The normalized spacial score (nSPS) is 11.8. The standard InChI is InChI=1S/C23H19FN6O/c1-13-4-3-5-15-10-19(14(2)28-21-16(11-25)12-27-23(26)29-21)30(22(31)20(13)15)18-8-6-17(24)7-9-18/h3-10,12,14H,1-2H3,(H3,26,27,28,29)/t14-/m0/s1. The zero-order chi connectivity index (χ0) is 22.1. The molecule has 2 heterocycles. The van der Waals surface area contributed by atoms with Gasteiger partial charge in [-0.3, -0.25) is 9.36 Å². The highest BCUT2D eigenvalue weighted by Crippen LogP contribution is 2.26. The Labute approximate surface area is 177 Å². The smallest absolute Gasteiger partial charge is 0.263 e. The van der Waals surface area contributed by atoms with E-state index in [1.165, 1.54) is 18.3 Å². The van der Waals surface area contributed by atoms with E-state index in [9.17, 15) is 14.4 Å². The maximum absolute atomic E-state index is 13.5. The average molecular weight is 414 g/mol. The van der Waals surface area contributed by atoms with Gasteiger partial charge in [0.1, 0.15) is 23.3 Å². The number of benzene rings is 2. The van der Waals surface area contributed by atoms with Crippen molar-refractivity contribution >= 4 is 22.5 Å². The number of nitriles is 1. The highest BCUT2D eigenvalue weighted by Gasteiger charge is 2.19. The van der Waals surface area contributed by atoms with Crippen LogP contribution >= 0.6 is 0 Å². The Kier molecular flexibility index (Phi) is 5.09. The van der Waals surface area contributed by atoms with E-state index in [0.29, 0.717) is 16.8 Å². The van der Waals surface area contributed by atoms with Gasteiger partial charge < -0.3 is 11.1 Å². The Balaban J connectivity index is 1.93. The molecule has 0 saturated carbocycles. The van der Waals surface area contributed by atoms with Crippen molar-refractivity contribution in [2.75, 3.05) is 11.1 Å². The molecule has 1 atom stereocenters. The number of aryl methyl sites for hydroxylation is 1. The van der Waals surface area contributed by atoms with Crippen LogP contribution in [0.15, 0.2) is 59.5 Å². The number of nitrogen functional groups attached to an aromatic ring is 1. The van der Waals surface area contributed by atoms with Crippen LogP contribution in [0.2, 0.25) is 0 Å². The number of pyridine rings is 1. The highest BCUT2D eigenvalue weighted by atomic mass is 19.1. The number of hydrogen-bond donors (Lipinski definition) is 2. The van der Waals surface area contributed by atoms with Crippen molar-refractivity contribution in [2.24, 2.45) is 0 Å². The molecule has 0 aliphatic heterocycles. The summed E-state index contributed by atoms with van der Waals surface area (Å²) in [5, 5.41) is 13.9. The second kappa shape index (κ2) is 7.88. The number of halogens is 1. The lowest BCUT2D eigenvalue weighted by Gasteiger charge is -2.22. The quantitative estimate of drug-likeness (QED) is 0.525. The molecule has 0 fully saturated rings. The minimum absolute atomic E-state index is 0.0266. The van der Waals surface area contributed by atoms with Gasteiger partial charge in [-0.1, -0.05) is 18.2 Å². The Morgan fingerprint density at radius 3 is 2.68 bits per heavy atom. The predicted molar refractivity (Wildman–Crippen MR) is 117 cm³/mol. The SMILES string of the molecule is Cc1cccc2cc([C@H](C)Nc3nc(N)ncc3C#N)n(-c3ccc(F)cc3)c(=O)c12. The number of fused-ring (bicyclic) bond motifs is 1. The summed E-state index contributed by atoms with van der Waals surface area (Å²) in [4.78, 5) is 21.5. The Morgan fingerprint density at radius 1 is 1.23 bits per heavy atom. The molecule has 0 saturated heterocycles. The molecule has 0 aliphatic rings. The van der Waals surface area contributed by atoms with E-state index in [-0.39, 0.29) is 22.9 Å². The zero-order valence-electron chi connectivity index (χ0n) is 16.9. The summed E-state index contributed by atoms with van der Waals surface area (Å²) in [7, 11) is 0. The lowest BCUT2D eigenvalue weighted by Crippen LogP contribution is -2.26. The molecule has 2 aromatic heterocycles. The summed E-state index contributed by atoms with van der Waals surface area (Å²) >= 11 is 0. The fraction of sp³-hybridized carbons (Fsp3) is 0.130. The van der Waals surface area contributed by atoms with Crippen LogP contribution in [0.25, 0.3) is 16.5 Å². The molecular formula is C23H19FN6O. The Bertz CT molecular complexity index is 1390. The van der Waals surface area contributed by atoms with Crippen LogP contribution in [-0.2, 0) is 0 Å². The zero-order valence-corrected chi connectivity index (χ0v) is 16.9. The Morgan fingerprint density at radius 2 is 1.97 bits per heavy atom. The van der Waals surface area contributed by atoms with Crippen molar-refractivity contribution in [1.29, 1.82) is 5.26 Å². The summed E-state index contributed by atoms with van der Waals surface area (Å²) in [6.45, 7) is 3.72. The molecular weight excluding hydrogens is 395 g/mol. The largest absolute Gasteiger partial charge is 0.368 e. The monoisotopic (exact) mass is 414 g/mol. The van der Waals surface area contributed by atoms with Crippen LogP contribution in [0.5, 0.6) is 0 Å². The first kappa shape index (κ1) is 20.0. The molecule has 2 aromatic carbocycles. The first-order chi connectivity index (χ1) is 14.9. The van der Waals surface area contributed by atoms with Gasteiger partial charge in [0.15, 0.2) is 0 Å². The molecule has 0 bridgehead atoms. The van der Waals surface area contributed by atoms with Crippen molar-refractivity contribution in [2.45, 2.75) is 19.9 Å². The Hall–Kier alpha value is -4.25. The van der Waals surface area contributed by atoms with Crippen molar-refractivity contribution in [3.63, 3.8) is 0 Å². The predicted octanol–water partition coefficient (Wildman–Crippen LogP) is 3.86. The number of nitrogens with two attached hydrogens (primary N) is 1. The minimum atomic E-state index is -0.441.